The van der Waals surface area contributed by atoms with Crippen molar-refractivity contribution in [3.63, 3.8) is 0 Å². The molecule has 5 nitrogen and oxygen atoms in total. The lowest BCUT2D eigenvalue weighted by atomic mass is 10.1. The second-order valence-electron chi connectivity index (χ2n) is 7.89. The topological polar surface area (TPSA) is 72.8 Å². The summed E-state index contributed by atoms with van der Waals surface area (Å²) in [5, 5.41) is 8.89. The summed E-state index contributed by atoms with van der Waals surface area (Å²) in [6, 6.07) is 9.37. The van der Waals surface area contributed by atoms with Gasteiger partial charge in [0.1, 0.15) is 5.75 Å². The van der Waals surface area contributed by atoms with Crippen molar-refractivity contribution >= 4 is 11.9 Å². The number of carbonyl (C=O) groups excluding carboxylic acids is 1. The maximum Gasteiger partial charge on any atom is 0.343 e. The summed E-state index contributed by atoms with van der Waals surface area (Å²) < 4.78 is 25.0. The maximum absolute atomic E-state index is 14.3. The van der Waals surface area contributed by atoms with Gasteiger partial charge in [0.05, 0.1) is 17.7 Å². The smallest absolute Gasteiger partial charge is 0.343 e. The van der Waals surface area contributed by atoms with E-state index in [4.69, 9.17) is 14.6 Å². The molecule has 0 fully saturated rings. The zero-order valence-electron chi connectivity index (χ0n) is 18.8. The Hall–Kier alpha value is -2.89. The van der Waals surface area contributed by atoms with E-state index in [-0.39, 0.29) is 22.6 Å². The molecule has 0 spiro atoms. The Morgan fingerprint density at radius 3 is 1.94 bits per heavy atom. The van der Waals surface area contributed by atoms with Crippen LogP contribution in [0.1, 0.15) is 91.8 Å². The Bertz CT molecular complexity index is 848. The number of benzene rings is 2. The quantitative estimate of drug-likeness (QED) is 0.181. The molecule has 2 aromatic rings. The number of carbonyl (C=O) groups is 2. The van der Waals surface area contributed by atoms with Gasteiger partial charge in [0.25, 0.3) is 0 Å². The Morgan fingerprint density at radius 2 is 1.38 bits per heavy atom. The molecule has 0 aliphatic carbocycles. The Morgan fingerprint density at radius 1 is 0.812 bits per heavy atom. The number of carboxylic acids is 1. The maximum atomic E-state index is 14.3. The van der Waals surface area contributed by atoms with Crippen molar-refractivity contribution in [1.82, 2.24) is 0 Å². The molecular weight excluding hydrogens is 411 g/mol. The molecule has 0 unspecified atom stereocenters. The van der Waals surface area contributed by atoms with E-state index in [9.17, 15) is 14.0 Å². The predicted molar refractivity (Wildman–Crippen MR) is 122 cm³/mol. The van der Waals surface area contributed by atoms with Crippen molar-refractivity contribution < 1.29 is 28.6 Å². The largest absolute Gasteiger partial charge is 0.491 e. The van der Waals surface area contributed by atoms with Crippen LogP contribution in [0.25, 0.3) is 0 Å². The molecule has 0 radical (unpaired) electrons. The van der Waals surface area contributed by atoms with Crippen LogP contribution in [-0.4, -0.2) is 23.7 Å². The number of hydrogen-bond acceptors (Lipinski definition) is 4. The third-order valence-corrected chi connectivity index (χ3v) is 5.23. The molecule has 0 saturated carbocycles. The Kier molecular flexibility index (Phi) is 11.3. The lowest BCUT2D eigenvalue weighted by molar-refractivity contribution is 0.0696. The lowest BCUT2D eigenvalue weighted by Crippen LogP contribution is -2.09. The molecule has 0 heterocycles. The van der Waals surface area contributed by atoms with Crippen molar-refractivity contribution in [1.29, 1.82) is 0 Å². The molecule has 0 atom stereocenters. The fraction of sp³-hybridized carbons (Fsp3) is 0.462. The van der Waals surface area contributed by atoms with Gasteiger partial charge in [0, 0.05) is 0 Å². The van der Waals surface area contributed by atoms with Crippen molar-refractivity contribution in [3.8, 4) is 11.5 Å². The summed E-state index contributed by atoms with van der Waals surface area (Å²) in [6.45, 7) is 2.66. The van der Waals surface area contributed by atoms with E-state index in [1.165, 1.54) is 81.3 Å². The van der Waals surface area contributed by atoms with Crippen LogP contribution in [0.4, 0.5) is 4.39 Å². The monoisotopic (exact) mass is 444 g/mol. The fourth-order valence-corrected chi connectivity index (χ4v) is 3.35. The molecule has 2 aromatic carbocycles. The summed E-state index contributed by atoms with van der Waals surface area (Å²) in [6.07, 6.45) is 12.2. The van der Waals surface area contributed by atoms with Gasteiger partial charge in [0.2, 0.25) is 0 Å². The summed E-state index contributed by atoms with van der Waals surface area (Å²) in [7, 11) is 0. The van der Waals surface area contributed by atoms with E-state index in [0.29, 0.717) is 6.61 Å². The third kappa shape index (κ3) is 9.08. The first kappa shape index (κ1) is 25.4. The highest BCUT2D eigenvalue weighted by molar-refractivity contribution is 5.91. The molecule has 0 bridgehead atoms. The van der Waals surface area contributed by atoms with Crippen LogP contribution in [0, 0.1) is 5.82 Å². The van der Waals surface area contributed by atoms with E-state index >= 15 is 0 Å². The van der Waals surface area contributed by atoms with Gasteiger partial charge in [-0.15, -0.1) is 0 Å². The van der Waals surface area contributed by atoms with Crippen LogP contribution < -0.4 is 9.47 Å². The summed E-state index contributed by atoms with van der Waals surface area (Å²) in [5.74, 6) is -2.12. The van der Waals surface area contributed by atoms with Crippen LogP contribution in [-0.2, 0) is 0 Å². The van der Waals surface area contributed by atoms with Gasteiger partial charge < -0.3 is 14.6 Å². The number of ether oxygens (including phenoxy) is 2. The second kappa shape index (κ2) is 14.2. The number of aromatic carboxylic acids is 1. The van der Waals surface area contributed by atoms with Gasteiger partial charge >= 0.3 is 11.9 Å². The van der Waals surface area contributed by atoms with Crippen LogP contribution in [0.2, 0.25) is 0 Å². The van der Waals surface area contributed by atoms with E-state index < -0.39 is 17.8 Å². The van der Waals surface area contributed by atoms with Gasteiger partial charge in [-0.3, -0.25) is 0 Å². The number of unbranched alkanes of at least 4 members (excludes halogenated alkanes) is 9. The minimum absolute atomic E-state index is 0.0519. The average molecular weight is 445 g/mol. The Labute approximate surface area is 189 Å². The lowest BCUT2D eigenvalue weighted by Gasteiger charge is -2.09. The van der Waals surface area contributed by atoms with E-state index in [1.54, 1.807) is 0 Å². The third-order valence-electron chi connectivity index (χ3n) is 5.23. The number of esters is 1. The first-order valence-corrected chi connectivity index (χ1v) is 11.5. The SMILES string of the molecule is CCCCCCCCCCCCOc1ccc(C(=O)Oc2ccc(C(=O)O)cc2)cc1F. The predicted octanol–water partition coefficient (Wildman–Crippen LogP) is 7.04. The highest BCUT2D eigenvalue weighted by Crippen LogP contribution is 2.21. The highest BCUT2D eigenvalue weighted by atomic mass is 19.1. The van der Waals surface area contributed by atoms with Crippen molar-refractivity contribution in [2.24, 2.45) is 0 Å². The minimum atomic E-state index is -1.07. The zero-order chi connectivity index (χ0) is 23.2. The number of hydrogen-bond donors (Lipinski definition) is 1. The van der Waals surface area contributed by atoms with Gasteiger partial charge in [0.15, 0.2) is 11.6 Å². The van der Waals surface area contributed by atoms with Crippen LogP contribution in [0.5, 0.6) is 11.5 Å². The second-order valence-corrected chi connectivity index (χ2v) is 7.89. The molecule has 0 aliphatic rings. The molecule has 6 heteroatoms. The molecule has 174 valence electrons. The molecule has 32 heavy (non-hydrogen) atoms. The van der Waals surface area contributed by atoms with Crippen molar-refractivity contribution in [2.45, 2.75) is 71.1 Å². The number of rotatable bonds is 15. The fourth-order valence-electron chi connectivity index (χ4n) is 3.35. The van der Waals surface area contributed by atoms with E-state index in [2.05, 4.69) is 6.92 Å². The molecule has 0 aliphatic heterocycles. The van der Waals surface area contributed by atoms with Crippen molar-refractivity contribution in [2.75, 3.05) is 6.61 Å². The molecule has 1 N–H and O–H groups in total. The molecular formula is C26H33FO5. The Balaban J connectivity index is 1.68. The highest BCUT2D eigenvalue weighted by Gasteiger charge is 2.13. The first-order chi connectivity index (χ1) is 15.5. The number of halogens is 1. The minimum Gasteiger partial charge on any atom is -0.491 e. The van der Waals surface area contributed by atoms with Gasteiger partial charge in [-0.25, -0.2) is 14.0 Å². The summed E-state index contributed by atoms with van der Waals surface area (Å²) in [5.41, 5.74) is 0.135. The van der Waals surface area contributed by atoms with Crippen LogP contribution >= 0.6 is 0 Å². The molecule has 2 rings (SSSR count). The van der Waals surface area contributed by atoms with Crippen molar-refractivity contribution in [3.05, 3.63) is 59.4 Å². The average Bonchev–Trinajstić information content (AvgIpc) is 2.78. The van der Waals surface area contributed by atoms with Gasteiger partial charge in [-0.05, 0) is 48.9 Å². The van der Waals surface area contributed by atoms with Crippen LogP contribution in [0.3, 0.4) is 0 Å². The van der Waals surface area contributed by atoms with Crippen LogP contribution in [0.15, 0.2) is 42.5 Å². The first-order valence-electron chi connectivity index (χ1n) is 11.5. The van der Waals surface area contributed by atoms with Gasteiger partial charge in [-0.2, -0.15) is 0 Å². The normalized spacial score (nSPS) is 10.7. The van der Waals surface area contributed by atoms with E-state index in [0.717, 1.165) is 25.3 Å². The molecule has 0 amide bonds. The molecule has 0 saturated heterocycles. The van der Waals surface area contributed by atoms with E-state index in [1.807, 2.05) is 0 Å². The van der Waals surface area contributed by atoms with Gasteiger partial charge in [-0.1, -0.05) is 64.7 Å². The number of carboxylic acid groups (broad SMARTS) is 1. The standard InChI is InChI=1S/C26H33FO5/c1-2-3-4-5-6-7-8-9-10-11-18-31-24-17-14-21(19-23(24)27)26(30)32-22-15-12-20(13-16-22)25(28)29/h12-17,19H,2-11,18H2,1H3,(H,28,29). The zero-order valence-corrected chi connectivity index (χ0v) is 18.8. The summed E-state index contributed by atoms with van der Waals surface area (Å²) >= 11 is 0. The summed E-state index contributed by atoms with van der Waals surface area (Å²) in [4.78, 5) is 23.1. The molecule has 0 aromatic heterocycles.